The van der Waals surface area contributed by atoms with E-state index < -0.39 is 0 Å². The molecule has 5 nitrogen and oxygen atoms in total. The molecule has 0 spiro atoms. The zero-order valence-electron chi connectivity index (χ0n) is 12.2. The molecule has 0 unspecified atom stereocenters. The Morgan fingerprint density at radius 1 is 1.27 bits per heavy atom. The van der Waals surface area contributed by atoms with Crippen molar-refractivity contribution in [3.05, 3.63) is 44.5 Å². The first-order chi connectivity index (χ1) is 10.6. The third-order valence-electron chi connectivity index (χ3n) is 2.73. The van der Waals surface area contributed by atoms with Gasteiger partial charge in [-0.05, 0) is 30.9 Å². The Balaban J connectivity index is 1.59. The van der Waals surface area contributed by atoms with Crippen LogP contribution in [0.2, 0.25) is 0 Å². The number of rotatable bonds is 7. The molecule has 2 aromatic heterocycles. The number of carbonyl (C=O) groups is 2. The minimum atomic E-state index is -0.157. The summed E-state index contributed by atoms with van der Waals surface area (Å²) < 4.78 is 0. The first kappa shape index (κ1) is 16.4. The van der Waals surface area contributed by atoms with Crippen molar-refractivity contribution >= 4 is 40.6 Å². The fourth-order valence-corrected chi connectivity index (χ4v) is 2.89. The number of amides is 2. The number of hydrogen-bond donors (Lipinski definition) is 2. The van der Waals surface area contributed by atoms with Gasteiger partial charge in [-0.2, -0.15) is 0 Å². The van der Waals surface area contributed by atoms with Crippen LogP contribution in [0.3, 0.4) is 0 Å². The molecular weight excluding hydrogens is 318 g/mol. The van der Waals surface area contributed by atoms with Crippen molar-refractivity contribution in [3.63, 3.8) is 0 Å². The Kier molecular flexibility index (Phi) is 6.29. The van der Waals surface area contributed by atoms with Gasteiger partial charge < -0.3 is 10.6 Å². The lowest BCUT2D eigenvalue weighted by Gasteiger charge is -2.04. The molecule has 0 saturated carbocycles. The lowest BCUT2D eigenvalue weighted by molar-refractivity contribution is -0.116. The highest BCUT2D eigenvalue weighted by atomic mass is 32.1. The maximum atomic E-state index is 11.7. The monoisotopic (exact) mass is 335 g/mol. The van der Waals surface area contributed by atoms with Crippen LogP contribution in [0.4, 0.5) is 0 Å². The summed E-state index contributed by atoms with van der Waals surface area (Å²) in [6.07, 6.45) is 3.85. The number of nitrogens with one attached hydrogen (secondary N) is 2. The number of nitrogens with zero attached hydrogens (tertiary/aromatic N) is 1. The standard InChI is InChI=1S/C15H17N3O2S2/c1-11-18-12(10-22-11)5-6-14(19)16-7-3-8-17-15(20)13-4-2-9-21-13/h2,4-6,9-10H,3,7-8H2,1H3,(H,16,19)(H,17,20)/b6-5+. The van der Waals surface area contributed by atoms with E-state index in [1.54, 1.807) is 23.5 Å². The highest BCUT2D eigenvalue weighted by molar-refractivity contribution is 7.12. The van der Waals surface area contributed by atoms with Gasteiger partial charge in [-0.25, -0.2) is 4.98 Å². The Hall–Kier alpha value is -1.99. The molecule has 2 amide bonds. The summed E-state index contributed by atoms with van der Waals surface area (Å²) in [5, 5.41) is 10.3. The van der Waals surface area contributed by atoms with E-state index in [1.165, 1.54) is 17.4 Å². The predicted octanol–water partition coefficient (Wildman–Crippen LogP) is 2.46. The van der Waals surface area contributed by atoms with Crippen LogP contribution in [0.5, 0.6) is 0 Å². The van der Waals surface area contributed by atoms with E-state index in [1.807, 2.05) is 23.8 Å². The molecule has 0 fully saturated rings. The van der Waals surface area contributed by atoms with Crippen LogP contribution in [0, 0.1) is 6.92 Å². The fraction of sp³-hybridized carbons (Fsp3) is 0.267. The smallest absolute Gasteiger partial charge is 0.261 e. The van der Waals surface area contributed by atoms with Gasteiger partial charge in [0.25, 0.3) is 5.91 Å². The molecule has 0 atom stereocenters. The van der Waals surface area contributed by atoms with Gasteiger partial charge in [0.1, 0.15) is 0 Å². The van der Waals surface area contributed by atoms with E-state index in [2.05, 4.69) is 15.6 Å². The summed E-state index contributed by atoms with van der Waals surface area (Å²) >= 11 is 2.96. The highest BCUT2D eigenvalue weighted by Crippen LogP contribution is 2.09. The summed E-state index contributed by atoms with van der Waals surface area (Å²) in [5.74, 6) is -0.227. The van der Waals surface area contributed by atoms with Gasteiger partial charge in [-0.1, -0.05) is 6.07 Å². The summed E-state index contributed by atoms with van der Waals surface area (Å²) in [6, 6.07) is 3.63. The van der Waals surface area contributed by atoms with E-state index in [0.717, 1.165) is 10.7 Å². The molecule has 0 bridgehead atoms. The quantitative estimate of drug-likeness (QED) is 0.603. The third-order valence-corrected chi connectivity index (χ3v) is 4.39. The summed E-state index contributed by atoms with van der Waals surface area (Å²) in [4.78, 5) is 28.2. The van der Waals surface area contributed by atoms with E-state index in [-0.39, 0.29) is 11.8 Å². The minimum Gasteiger partial charge on any atom is -0.352 e. The average Bonchev–Trinajstić information content (AvgIpc) is 3.16. The molecule has 0 saturated heterocycles. The second kappa shape index (κ2) is 8.45. The Morgan fingerprint density at radius 3 is 2.77 bits per heavy atom. The van der Waals surface area contributed by atoms with Crippen molar-refractivity contribution in [1.82, 2.24) is 15.6 Å². The third kappa shape index (κ3) is 5.42. The molecule has 2 heterocycles. The molecule has 0 radical (unpaired) electrons. The van der Waals surface area contributed by atoms with Gasteiger partial charge >= 0.3 is 0 Å². The molecular formula is C15H17N3O2S2. The van der Waals surface area contributed by atoms with Crippen molar-refractivity contribution in [3.8, 4) is 0 Å². The molecule has 2 rings (SSSR count). The first-order valence-corrected chi connectivity index (χ1v) is 8.61. The second-order valence-electron chi connectivity index (χ2n) is 4.50. The molecule has 0 aliphatic carbocycles. The number of thiazole rings is 1. The topological polar surface area (TPSA) is 71.1 Å². The van der Waals surface area contributed by atoms with Crippen molar-refractivity contribution in [1.29, 1.82) is 0 Å². The van der Waals surface area contributed by atoms with Crippen LogP contribution in [-0.4, -0.2) is 29.9 Å². The minimum absolute atomic E-state index is 0.0693. The van der Waals surface area contributed by atoms with Crippen molar-refractivity contribution in [2.75, 3.05) is 13.1 Å². The van der Waals surface area contributed by atoms with Gasteiger partial charge in [0.2, 0.25) is 5.91 Å². The fourth-order valence-electron chi connectivity index (χ4n) is 1.67. The number of aromatic nitrogens is 1. The highest BCUT2D eigenvalue weighted by Gasteiger charge is 2.04. The van der Waals surface area contributed by atoms with Crippen molar-refractivity contribution in [2.24, 2.45) is 0 Å². The molecule has 116 valence electrons. The summed E-state index contributed by atoms with van der Waals surface area (Å²) in [6.45, 7) is 2.97. The summed E-state index contributed by atoms with van der Waals surface area (Å²) in [7, 11) is 0. The maximum Gasteiger partial charge on any atom is 0.261 e. The lowest BCUT2D eigenvalue weighted by Crippen LogP contribution is -2.28. The molecule has 22 heavy (non-hydrogen) atoms. The lowest BCUT2D eigenvalue weighted by atomic mass is 10.3. The molecule has 2 aromatic rings. The number of thiophene rings is 1. The van der Waals surface area contributed by atoms with E-state index in [9.17, 15) is 9.59 Å². The molecule has 0 aliphatic heterocycles. The van der Waals surface area contributed by atoms with Gasteiger partial charge in [-0.15, -0.1) is 22.7 Å². The Bertz CT molecular complexity index is 648. The van der Waals surface area contributed by atoms with Crippen LogP contribution in [0.15, 0.2) is 29.0 Å². The van der Waals surface area contributed by atoms with Crippen LogP contribution in [0.25, 0.3) is 6.08 Å². The van der Waals surface area contributed by atoms with Gasteiger partial charge in [0.15, 0.2) is 0 Å². The zero-order chi connectivity index (χ0) is 15.8. The normalized spacial score (nSPS) is 10.8. The van der Waals surface area contributed by atoms with Gasteiger partial charge in [0.05, 0.1) is 15.6 Å². The second-order valence-corrected chi connectivity index (χ2v) is 6.51. The van der Waals surface area contributed by atoms with Crippen molar-refractivity contribution < 1.29 is 9.59 Å². The maximum absolute atomic E-state index is 11.7. The largest absolute Gasteiger partial charge is 0.352 e. The van der Waals surface area contributed by atoms with Gasteiger partial charge in [-0.3, -0.25) is 9.59 Å². The van der Waals surface area contributed by atoms with E-state index in [0.29, 0.717) is 24.4 Å². The summed E-state index contributed by atoms with van der Waals surface area (Å²) in [5.41, 5.74) is 0.792. The van der Waals surface area contributed by atoms with E-state index in [4.69, 9.17) is 0 Å². The van der Waals surface area contributed by atoms with Crippen LogP contribution in [-0.2, 0) is 4.79 Å². The molecule has 0 aliphatic rings. The average molecular weight is 335 g/mol. The Morgan fingerprint density at radius 2 is 2.09 bits per heavy atom. The SMILES string of the molecule is Cc1nc(/C=C/C(=O)NCCCNC(=O)c2cccs2)cs1. The van der Waals surface area contributed by atoms with Crippen LogP contribution >= 0.6 is 22.7 Å². The van der Waals surface area contributed by atoms with E-state index >= 15 is 0 Å². The number of carbonyl (C=O) groups excluding carboxylic acids is 2. The first-order valence-electron chi connectivity index (χ1n) is 6.85. The van der Waals surface area contributed by atoms with Crippen molar-refractivity contribution in [2.45, 2.75) is 13.3 Å². The predicted molar refractivity (Wildman–Crippen MR) is 90.2 cm³/mol. The van der Waals surface area contributed by atoms with Crippen LogP contribution in [0.1, 0.15) is 26.8 Å². The molecule has 2 N–H and O–H groups in total. The number of aryl methyl sites for hydroxylation is 1. The number of hydrogen-bond acceptors (Lipinski definition) is 5. The van der Waals surface area contributed by atoms with Crippen LogP contribution < -0.4 is 10.6 Å². The Labute approximate surface area is 137 Å². The zero-order valence-corrected chi connectivity index (χ0v) is 13.8. The molecule has 7 heteroatoms. The van der Waals surface area contributed by atoms with Gasteiger partial charge in [0, 0.05) is 24.5 Å². The molecule has 0 aromatic carbocycles.